The Morgan fingerprint density at radius 1 is 1.56 bits per heavy atom. The first-order chi connectivity index (χ1) is 8.61. The Kier molecular flexibility index (Phi) is 3.97. The molecule has 4 heteroatoms. The summed E-state index contributed by atoms with van der Waals surface area (Å²) in [6.07, 6.45) is 3.93. The summed E-state index contributed by atoms with van der Waals surface area (Å²) in [5.74, 6) is 0.605. The Bertz CT molecular complexity index is 427. The summed E-state index contributed by atoms with van der Waals surface area (Å²) >= 11 is 0. The van der Waals surface area contributed by atoms with Gasteiger partial charge < -0.3 is 10.6 Å². The smallest absolute Gasteiger partial charge is 0.254 e. The Morgan fingerprint density at radius 2 is 2.28 bits per heavy atom. The van der Waals surface area contributed by atoms with Crippen LogP contribution in [0.15, 0.2) is 18.3 Å². The molecular formula is C14H21N3O. The highest BCUT2D eigenvalue weighted by Gasteiger charge is 2.33. The molecule has 4 nitrogen and oxygen atoms in total. The van der Waals surface area contributed by atoms with Gasteiger partial charge in [-0.3, -0.25) is 9.78 Å². The van der Waals surface area contributed by atoms with Gasteiger partial charge in [0.05, 0.1) is 5.69 Å². The van der Waals surface area contributed by atoms with E-state index in [1.54, 1.807) is 18.3 Å². The number of carbonyl (C=O) groups excluding carboxylic acids is 1. The second-order valence-electron chi connectivity index (χ2n) is 5.32. The van der Waals surface area contributed by atoms with Crippen molar-refractivity contribution in [2.75, 3.05) is 6.54 Å². The maximum Gasteiger partial charge on any atom is 0.254 e. The SMILES string of the molecule is CC(C)CN(C(=O)c1ccnc(CN)c1)C1CC1. The van der Waals surface area contributed by atoms with Gasteiger partial charge in [-0.1, -0.05) is 13.8 Å². The summed E-state index contributed by atoms with van der Waals surface area (Å²) in [5, 5.41) is 0. The molecule has 2 N–H and O–H groups in total. The van der Waals surface area contributed by atoms with E-state index in [0.29, 0.717) is 24.1 Å². The third-order valence-electron chi connectivity index (χ3n) is 3.08. The summed E-state index contributed by atoms with van der Waals surface area (Å²) in [5.41, 5.74) is 7.03. The molecule has 1 heterocycles. The largest absolute Gasteiger partial charge is 0.335 e. The lowest BCUT2D eigenvalue weighted by Crippen LogP contribution is -2.36. The molecule has 0 atom stereocenters. The van der Waals surface area contributed by atoms with Crippen molar-refractivity contribution in [3.05, 3.63) is 29.6 Å². The van der Waals surface area contributed by atoms with Crippen LogP contribution in [0.25, 0.3) is 0 Å². The molecule has 1 saturated carbocycles. The van der Waals surface area contributed by atoms with Crippen LogP contribution in [0.1, 0.15) is 42.7 Å². The van der Waals surface area contributed by atoms with E-state index in [2.05, 4.69) is 18.8 Å². The molecule has 0 spiro atoms. The maximum absolute atomic E-state index is 12.5. The van der Waals surface area contributed by atoms with E-state index in [9.17, 15) is 4.79 Å². The molecule has 2 rings (SSSR count). The molecule has 0 unspecified atom stereocenters. The van der Waals surface area contributed by atoms with Crippen LogP contribution in [0, 0.1) is 5.92 Å². The molecule has 0 aliphatic heterocycles. The summed E-state index contributed by atoms with van der Waals surface area (Å²) in [7, 11) is 0. The Morgan fingerprint density at radius 3 is 2.83 bits per heavy atom. The fourth-order valence-corrected chi connectivity index (χ4v) is 2.07. The van der Waals surface area contributed by atoms with E-state index < -0.39 is 0 Å². The number of hydrogen-bond donors (Lipinski definition) is 1. The molecule has 0 radical (unpaired) electrons. The molecule has 0 saturated heterocycles. The summed E-state index contributed by atoms with van der Waals surface area (Å²) in [6.45, 7) is 5.47. The molecule has 1 aliphatic rings. The molecule has 1 aromatic heterocycles. The number of nitrogens with zero attached hydrogens (tertiary/aromatic N) is 2. The quantitative estimate of drug-likeness (QED) is 0.863. The third kappa shape index (κ3) is 3.07. The van der Waals surface area contributed by atoms with Gasteiger partial charge in [0.2, 0.25) is 0 Å². The van der Waals surface area contributed by atoms with Gasteiger partial charge in [-0.15, -0.1) is 0 Å². The van der Waals surface area contributed by atoms with Gasteiger partial charge in [0.25, 0.3) is 5.91 Å². The van der Waals surface area contributed by atoms with E-state index in [1.807, 2.05) is 4.90 Å². The summed E-state index contributed by atoms with van der Waals surface area (Å²) < 4.78 is 0. The van der Waals surface area contributed by atoms with E-state index in [-0.39, 0.29) is 5.91 Å². The normalized spacial score (nSPS) is 14.9. The second kappa shape index (κ2) is 5.48. The topological polar surface area (TPSA) is 59.2 Å². The van der Waals surface area contributed by atoms with E-state index in [1.165, 1.54) is 0 Å². The van der Waals surface area contributed by atoms with Crippen molar-refractivity contribution >= 4 is 5.91 Å². The highest BCUT2D eigenvalue weighted by molar-refractivity contribution is 5.94. The Labute approximate surface area is 108 Å². The number of carbonyl (C=O) groups is 1. The highest BCUT2D eigenvalue weighted by Crippen LogP contribution is 2.29. The van der Waals surface area contributed by atoms with Crippen LogP contribution >= 0.6 is 0 Å². The minimum Gasteiger partial charge on any atom is -0.335 e. The van der Waals surface area contributed by atoms with Crippen LogP contribution in [-0.2, 0) is 6.54 Å². The number of hydrogen-bond acceptors (Lipinski definition) is 3. The molecule has 1 aliphatic carbocycles. The van der Waals surface area contributed by atoms with Crippen molar-refractivity contribution in [3.8, 4) is 0 Å². The van der Waals surface area contributed by atoms with Gasteiger partial charge in [-0.05, 0) is 30.9 Å². The average Bonchev–Trinajstić information content (AvgIpc) is 3.19. The predicted octanol–water partition coefficient (Wildman–Crippen LogP) is 1.80. The zero-order valence-corrected chi connectivity index (χ0v) is 11.1. The fourth-order valence-electron chi connectivity index (χ4n) is 2.07. The van der Waals surface area contributed by atoms with Crippen LogP contribution < -0.4 is 5.73 Å². The van der Waals surface area contributed by atoms with E-state index in [4.69, 9.17) is 5.73 Å². The zero-order chi connectivity index (χ0) is 13.1. The van der Waals surface area contributed by atoms with Gasteiger partial charge in [-0.2, -0.15) is 0 Å². The van der Waals surface area contributed by atoms with Crippen molar-refractivity contribution < 1.29 is 4.79 Å². The van der Waals surface area contributed by atoms with Crippen LogP contribution in [0.2, 0.25) is 0 Å². The van der Waals surface area contributed by atoms with Gasteiger partial charge in [0.15, 0.2) is 0 Å². The molecule has 0 bridgehead atoms. The summed E-state index contributed by atoms with van der Waals surface area (Å²) in [4.78, 5) is 18.6. The predicted molar refractivity (Wildman–Crippen MR) is 71.0 cm³/mol. The van der Waals surface area contributed by atoms with E-state index in [0.717, 1.165) is 25.1 Å². The third-order valence-corrected chi connectivity index (χ3v) is 3.08. The van der Waals surface area contributed by atoms with Gasteiger partial charge in [-0.25, -0.2) is 0 Å². The van der Waals surface area contributed by atoms with Crippen LogP contribution in [-0.4, -0.2) is 28.4 Å². The maximum atomic E-state index is 12.5. The number of amides is 1. The molecule has 1 aromatic rings. The molecule has 98 valence electrons. The van der Waals surface area contributed by atoms with Crippen molar-refractivity contribution in [1.29, 1.82) is 0 Å². The van der Waals surface area contributed by atoms with Crippen molar-refractivity contribution in [1.82, 2.24) is 9.88 Å². The molecular weight excluding hydrogens is 226 g/mol. The van der Waals surface area contributed by atoms with Crippen LogP contribution in [0.3, 0.4) is 0 Å². The Hall–Kier alpha value is -1.42. The standard InChI is InChI=1S/C14H21N3O/c1-10(2)9-17(13-3-4-13)14(18)11-5-6-16-12(7-11)8-15/h5-7,10,13H,3-4,8-9,15H2,1-2H3. The monoisotopic (exact) mass is 247 g/mol. The zero-order valence-electron chi connectivity index (χ0n) is 11.1. The minimum absolute atomic E-state index is 0.114. The van der Waals surface area contributed by atoms with Crippen LogP contribution in [0.5, 0.6) is 0 Å². The first kappa shape index (κ1) is 13.0. The first-order valence-corrected chi connectivity index (χ1v) is 6.57. The molecule has 18 heavy (non-hydrogen) atoms. The second-order valence-corrected chi connectivity index (χ2v) is 5.32. The number of rotatable bonds is 5. The van der Waals surface area contributed by atoms with Crippen molar-refractivity contribution in [2.24, 2.45) is 11.7 Å². The number of aromatic nitrogens is 1. The number of pyridine rings is 1. The Balaban J connectivity index is 2.16. The number of nitrogens with two attached hydrogens (primary N) is 1. The van der Waals surface area contributed by atoms with Gasteiger partial charge in [0, 0.05) is 30.9 Å². The first-order valence-electron chi connectivity index (χ1n) is 6.57. The lowest BCUT2D eigenvalue weighted by atomic mass is 10.1. The van der Waals surface area contributed by atoms with E-state index >= 15 is 0 Å². The van der Waals surface area contributed by atoms with Crippen molar-refractivity contribution in [3.63, 3.8) is 0 Å². The lowest BCUT2D eigenvalue weighted by Gasteiger charge is -2.24. The lowest BCUT2D eigenvalue weighted by molar-refractivity contribution is 0.0722. The summed E-state index contributed by atoms with van der Waals surface area (Å²) in [6, 6.07) is 4.02. The van der Waals surface area contributed by atoms with Crippen molar-refractivity contribution in [2.45, 2.75) is 39.3 Å². The minimum atomic E-state index is 0.114. The van der Waals surface area contributed by atoms with Gasteiger partial charge in [0.1, 0.15) is 0 Å². The molecule has 0 aromatic carbocycles. The molecule has 1 amide bonds. The molecule has 1 fully saturated rings. The van der Waals surface area contributed by atoms with Gasteiger partial charge >= 0.3 is 0 Å². The average molecular weight is 247 g/mol. The fraction of sp³-hybridized carbons (Fsp3) is 0.571. The van der Waals surface area contributed by atoms with Crippen LogP contribution in [0.4, 0.5) is 0 Å². The highest BCUT2D eigenvalue weighted by atomic mass is 16.2.